The zero-order valence-corrected chi connectivity index (χ0v) is 18.6. The predicted molar refractivity (Wildman–Crippen MR) is 126 cm³/mol. The average molecular weight is 422 g/mol. The second-order valence-corrected chi connectivity index (χ2v) is 9.05. The number of ether oxygens (including phenoxy) is 1. The van der Waals surface area contributed by atoms with Crippen LogP contribution < -0.4 is 10.2 Å². The van der Waals surface area contributed by atoms with E-state index in [1.165, 1.54) is 70.5 Å². The largest absolute Gasteiger partial charge is 0.376 e. The lowest BCUT2D eigenvalue weighted by atomic mass is 10.1. The maximum Gasteiger partial charge on any atom is 0.161 e. The Labute approximate surface area is 186 Å². The molecule has 3 aliphatic heterocycles. The number of nitrogens with one attached hydrogen (secondary N) is 1. The molecule has 1 aromatic carbocycles. The smallest absolute Gasteiger partial charge is 0.161 e. The van der Waals surface area contributed by atoms with Gasteiger partial charge >= 0.3 is 0 Å². The van der Waals surface area contributed by atoms with E-state index >= 15 is 0 Å². The molecule has 0 radical (unpaired) electrons. The molecule has 3 aliphatic rings. The van der Waals surface area contributed by atoms with Crippen LogP contribution in [0.5, 0.6) is 0 Å². The fourth-order valence-electron chi connectivity index (χ4n) is 5.00. The normalized spacial score (nSPS) is 19.4. The zero-order valence-electron chi connectivity index (χ0n) is 18.6. The third-order valence-corrected chi connectivity index (χ3v) is 6.81. The Morgan fingerprint density at radius 1 is 0.903 bits per heavy atom. The van der Waals surface area contributed by atoms with Gasteiger partial charge in [0.05, 0.1) is 18.9 Å². The van der Waals surface area contributed by atoms with Crippen LogP contribution in [0.4, 0.5) is 11.5 Å². The van der Waals surface area contributed by atoms with Crippen LogP contribution in [0.15, 0.2) is 24.3 Å². The molecule has 6 nitrogen and oxygen atoms in total. The number of piperidine rings is 1. The molecule has 0 atom stereocenters. The molecule has 5 rings (SSSR count). The first kappa shape index (κ1) is 20.7. The summed E-state index contributed by atoms with van der Waals surface area (Å²) in [6.45, 7) is 8.31. The number of fused-ring (bicyclic) bond motifs is 1. The summed E-state index contributed by atoms with van der Waals surface area (Å²) in [5.74, 6) is 1.79. The second kappa shape index (κ2) is 9.96. The SMILES string of the molecule is c1cc(N2CCCCC2)ccc1-c1nc2c(c(NCCCN3CCCC3)n1)COCC2. The quantitative estimate of drug-likeness (QED) is 0.679. The van der Waals surface area contributed by atoms with E-state index in [4.69, 9.17) is 14.7 Å². The van der Waals surface area contributed by atoms with Crippen molar-refractivity contribution in [1.82, 2.24) is 14.9 Å². The highest BCUT2D eigenvalue weighted by Gasteiger charge is 2.19. The lowest BCUT2D eigenvalue weighted by Crippen LogP contribution is -2.29. The standard InChI is InChI=1S/C25H35N5O/c1-2-16-30(17-3-1)21-9-7-20(8-10-21)24-27-23-11-18-31-19-22(23)25(28-24)26-12-6-15-29-13-4-5-14-29/h7-10H,1-6,11-19H2,(H,26,27,28). The number of hydrogen-bond donors (Lipinski definition) is 1. The Kier molecular flexibility index (Phi) is 6.65. The van der Waals surface area contributed by atoms with Crippen LogP contribution in [-0.2, 0) is 17.8 Å². The first-order valence-corrected chi connectivity index (χ1v) is 12.2. The van der Waals surface area contributed by atoms with Gasteiger partial charge in [-0.05, 0) is 82.4 Å². The van der Waals surface area contributed by atoms with Crippen LogP contribution in [0.2, 0.25) is 0 Å². The van der Waals surface area contributed by atoms with Crippen molar-refractivity contribution in [2.45, 2.75) is 51.6 Å². The van der Waals surface area contributed by atoms with E-state index in [9.17, 15) is 0 Å². The Morgan fingerprint density at radius 3 is 2.48 bits per heavy atom. The number of rotatable bonds is 7. The van der Waals surface area contributed by atoms with Gasteiger partial charge in [0.1, 0.15) is 5.82 Å². The molecule has 4 heterocycles. The Balaban J connectivity index is 1.30. The summed E-state index contributed by atoms with van der Waals surface area (Å²) in [4.78, 5) is 14.9. The molecule has 0 aliphatic carbocycles. The molecule has 31 heavy (non-hydrogen) atoms. The van der Waals surface area contributed by atoms with Crippen LogP contribution in [0.25, 0.3) is 11.4 Å². The van der Waals surface area contributed by atoms with Gasteiger partial charge < -0.3 is 19.9 Å². The summed E-state index contributed by atoms with van der Waals surface area (Å²) in [5.41, 5.74) is 4.68. The Bertz CT molecular complexity index is 857. The van der Waals surface area contributed by atoms with Gasteiger partial charge in [-0.25, -0.2) is 9.97 Å². The Hall–Kier alpha value is -2.18. The molecule has 0 amide bonds. The van der Waals surface area contributed by atoms with Gasteiger partial charge in [0.15, 0.2) is 5.82 Å². The van der Waals surface area contributed by atoms with Crippen molar-refractivity contribution in [1.29, 1.82) is 0 Å². The van der Waals surface area contributed by atoms with Crippen molar-refractivity contribution in [2.75, 3.05) is 56.1 Å². The molecule has 0 bridgehead atoms. The molecule has 2 aromatic rings. The van der Waals surface area contributed by atoms with Crippen LogP contribution in [0, 0.1) is 0 Å². The van der Waals surface area contributed by atoms with Crippen molar-refractivity contribution in [3.8, 4) is 11.4 Å². The van der Waals surface area contributed by atoms with E-state index in [0.29, 0.717) is 6.61 Å². The molecular formula is C25H35N5O. The zero-order chi connectivity index (χ0) is 20.9. The van der Waals surface area contributed by atoms with Gasteiger partial charge in [-0.15, -0.1) is 0 Å². The van der Waals surface area contributed by atoms with E-state index in [2.05, 4.69) is 39.4 Å². The minimum Gasteiger partial charge on any atom is -0.376 e. The Morgan fingerprint density at radius 2 is 1.68 bits per heavy atom. The molecule has 0 saturated carbocycles. The van der Waals surface area contributed by atoms with Gasteiger partial charge in [-0.3, -0.25) is 0 Å². The van der Waals surface area contributed by atoms with Crippen molar-refractivity contribution < 1.29 is 4.74 Å². The van der Waals surface area contributed by atoms with Gasteiger partial charge in [0.2, 0.25) is 0 Å². The highest BCUT2D eigenvalue weighted by Crippen LogP contribution is 2.28. The van der Waals surface area contributed by atoms with E-state index in [-0.39, 0.29) is 0 Å². The fraction of sp³-hybridized carbons (Fsp3) is 0.600. The summed E-state index contributed by atoms with van der Waals surface area (Å²) in [7, 11) is 0. The summed E-state index contributed by atoms with van der Waals surface area (Å²) >= 11 is 0. The maximum atomic E-state index is 5.72. The summed E-state index contributed by atoms with van der Waals surface area (Å²) in [5, 5.41) is 3.60. The molecule has 2 fully saturated rings. The van der Waals surface area contributed by atoms with E-state index in [1.54, 1.807) is 0 Å². The third kappa shape index (κ3) is 5.01. The minimum absolute atomic E-state index is 0.609. The van der Waals surface area contributed by atoms with Crippen LogP contribution >= 0.6 is 0 Å². The number of nitrogens with zero attached hydrogens (tertiary/aromatic N) is 4. The van der Waals surface area contributed by atoms with Gasteiger partial charge in [-0.2, -0.15) is 0 Å². The van der Waals surface area contributed by atoms with Gasteiger partial charge in [0, 0.05) is 42.9 Å². The van der Waals surface area contributed by atoms with E-state index < -0.39 is 0 Å². The first-order chi connectivity index (χ1) is 15.4. The molecule has 0 unspecified atom stereocenters. The lowest BCUT2D eigenvalue weighted by Gasteiger charge is -2.28. The minimum atomic E-state index is 0.609. The van der Waals surface area contributed by atoms with Gasteiger partial charge in [0.25, 0.3) is 0 Å². The topological polar surface area (TPSA) is 53.5 Å². The highest BCUT2D eigenvalue weighted by molar-refractivity contribution is 5.63. The fourth-order valence-corrected chi connectivity index (χ4v) is 5.00. The monoisotopic (exact) mass is 421 g/mol. The van der Waals surface area contributed by atoms with E-state index in [1.807, 2.05) is 0 Å². The number of benzene rings is 1. The van der Waals surface area contributed by atoms with Crippen molar-refractivity contribution >= 4 is 11.5 Å². The van der Waals surface area contributed by atoms with Crippen LogP contribution in [-0.4, -0.2) is 60.7 Å². The molecule has 0 spiro atoms. The molecule has 1 aromatic heterocycles. The maximum absolute atomic E-state index is 5.72. The molecule has 6 heteroatoms. The van der Waals surface area contributed by atoms with Crippen molar-refractivity contribution in [3.05, 3.63) is 35.5 Å². The van der Waals surface area contributed by atoms with Gasteiger partial charge in [-0.1, -0.05) is 0 Å². The molecule has 2 saturated heterocycles. The number of hydrogen-bond acceptors (Lipinski definition) is 6. The molecule has 1 N–H and O–H groups in total. The third-order valence-electron chi connectivity index (χ3n) is 6.81. The summed E-state index contributed by atoms with van der Waals surface area (Å²) in [6, 6.07) is 8.83. The summed E-state index contributed by atoms with van der Waals surface area (Å²) < 4.78 is 5.72. The first-order valence-electron chi connectivity index (χ1n) is 12.2. The summed E-state index contributed by atoms with van der Waals surface area (Å²) in [6.07, 6.45) is 8.65. The highest BCUT2D eigenvalue weighted by atomic mass is 16.5. The van der Waals surface area contributed by atoms with Crippen molar-refractivity contribution in [3.63, 3.8) is 0 Å². The second-order valence-electron chi connectivity index (χ2n) is 9.05. The van der Waals surface area contributed by atoms with Crippen LogP contribution in [0.1, 0.15) is 49.8 Å². The number of aromatic nitrogens is 2. The molecular weight excluding hydrogens is 386 g/mol. The van der Waals surface area contributed by atoms with E-state index in [0.717, 1.165) is 54.5 Å². The number of likely N-dealkylation sites (tertiary alicyclic amines) is 1. The lowest BCUT2D eigenvalue weighted by molar-refractivity contribution is 0.109. The predicted octanol–water partition coefficient (Wildman–Crippen LogP) is 4.10. The van der Waals surface area contributed by atoms with Crippen molar-refractivity contribution in [2.24, 2.45) is 0 Å². The average Bonchev–Trinajstić information content (AvgIpc) is 3.36. The van der Waals surface area contributed by atoms with Crippen LogP contribution in [0.3, 0.4) is 0 Å². The molecule has 166 valence electrons. The number of anilines is 2.